The quantitative estimate of drug-likeness (QED) is 0.633. The number of carbonyl (C=O) groups excluding carboxylic acids is 1. The predicted molar refractivity (Wildman–Crippen MR) is 64.8 cm³/mol. The van der Waals surface area contributed by atoms with E-state index in [4.69, 9.17) is 17.3 Å². The van der Waals surface area contributed by atoms with E-state index in [9.17, 15) is 4.79 Å². The largest absolute Gasteiger partial charge is 0.464 e. The molecule has 1 heterocycles. The zero-order valence-corrected chi connectivity index (χ0v) is 9.78. The first-order chi connectivity index (χ1) is 8.15. The van der Waals surface area contributed by atoms with Gasteiger partial charge in [0, 0.05) is 5.56 Å². The van der Waals surface area contributed by atoms with Crippen LogP contribution in [-0.2, 0) is 4.74 Å². The van der Waals surface area contributed by atoms with Crippen LogP contribution in [0.2, 0.25) is 5.02 Å². The van der Waals surface area contributed by atoms with E-state index < -0.39 is 5.97 Å². The van der Waals surface area contributed by atoms with Gasteiger partial charge in [-0.25, -0.2) is 9.78 Å². The van der Waals surface area contributed by atoms with Crippen LogP contribution in [0.15, 0.2) is 24.5 Å². The topological polar surface area (TPSA) is 81.0 Å². The van der Waals surface area contributed by atoms with Crippen LogP contribution in [0.25, 0.3) is 11.3 Å². The third kappa shape index (κ3) is 1.97. The maximum atomic E-state index is 11.5. The summed E-state index contributed by atoms with van der Waals surface area (Å²) in [5, 5.41) is 0.418. The van der Waals surface area contributed by atoms with Gasteiger partial charge in [-0.05, 0) is 6.07 Å². The Morgan fingerprint density at radius 2 is 2.29 bits per heavy atom. The van der Waals surface area contributed by atoms with E-state index in [1.165, 1.54) is 13.4 Å². The fraction of sp³-hybridized carbons (Fsp3) is 0.0909. The van der Waals surface area contributed by atoms with Gasteiger partial charge in [0.2, 0.25) is 0 Å². The van der Waals surface area contributed by atoms with Crippen molar-refractivity contribution in [2.45, 2.75) is 0 Å². The number of halogens is 1. The Hall–Kier alpha value is -2.01. The van der Waals surface area contributed by atoms with E-state index in [0.29, 0.717) is 22.0 Å². The Labute approximate surface area is 103 Å². The van der Waals surface area contributed by atoms with Gasteiger partial charge in [-0.1, -0.05) is 23.7 Å². The van der Waals surface area contributed by atoms with Gasteiger partial charge < -0.3 is 15.5 Å². The molecular weight excluding hydrogens is 242 g/mol. The number of anilines is 1. The van der Waals surface area contributed by atoms with Crippen LogP contribution in [0.5, 0.6) is 0 Å². The number of hydrogen-bond donors (Lipinski definition) is 2. The number of aromatic amines is 1. The maximum absolute atomic E-state index is 11.5. The lowest BCUT2D eigenvalue weighted by atomic mass is 10.1. The van der Waals surface area contributed by atoms with Crippen molar-refractivity contribution in [3.05, 3.63) is 35.2 Å². The summed E-state index contributed by atoms with van der Waals surface area (Å²) in [6, 6.07) is 5.15. The van der Waals surface area contributed by atoms with Crippen molar-refractivity contribution in [3.8, 4) is 11.3 Å². The van der Waals surface area contributed by atoms with Crippen molar-refractivity contribution in [1.29, 1.82) is 0 Å². The van der Waals surface area contributed by atoms with Gasteiger partial charge in [-0.3, -0.25) is 0 Å². The number of aromatic nitrogens is 2. The summed E-state index contributed by atoms with van der Waals surface area (Å²) in [4.78, 5) is 18.3. The minimum absolute atomic E-state index is 0.251. The lowest BCUT2D eigenvalue weighted by Crippen LogP contribution is -2.04. The van der Waals surface area contributed by atoms with E-state index in [0.717, 1.165) is 0 Å². The highest BCUT2D eigenvalue weighted by atomic mass is 35.5. The Bertz CT molecular complexity index is 566. The summed E-state index contributed by atoms with van der Waals surface area (Å²) in [5.41, 5.74) is 7.50. The molecule has 0 aliphatic heterocycles. The van der Waals surface area contributed by atoms with Gasteiger partial charge in [-0.2, -0.15) is 0 Å². The highest BCUT2D eigenvalue weighted by Gasteiger charge is 2.18. The molecule has 88 valence electrons. The number of carbonyl (C=O) groups is 1. The minimum atomic E-state index is -0.503. The number of methoxy groups -OCH3 is 1. The molecule has 1 aromatic heterocycles. The molecule has 0 bridgehead atoms. The first kappa shape index (κ1) is 11.5. The number of imidazole rings is 1. The van der Waals surface area contributed by atoms with Gasteiger partial charge in [-0.15, -0.1) is 0 Å². The van der Waals surface area contributed by atoms with E-state index in [1.807, 2.05) is 0 Å². The van der Waals surface area contributed by atoms with Crippen molar-refractivity contribution < 1.29 is 9.53 Å². The van der Waals surface area contributed by atoms with Crippen LogP contribution < -0.4 is 5.73 Å². The molecule has 0 spiro atoms. The molecule has 3 N–H and O–H groups in total. The molecule has 0 fully saturated rings. The fourth-order valence-corrected chi connectivity index (χ4v) is 1.67. The maximum Gasteiger partial charge on any atom is 0.356 e. The lowest BCUT2D eigenvalue weighted by Gasteiger charge is -2.06. The fourth-order valence-electron chi connectivity index (χ4n) is 1.50. The molecule has 0 unspecified atom stereocenters. The summed E-state index contributed by atoms with van der Waals surface area (Å²) in [6.07, 6.45) is 1.40. The number of ether oxygens (including phenoxy) is 1. The predicted octanol–water partition coefficient (Wildman–Crippen LogP) is 2.10. The summed E-state index contributed by atoms with van der Waals surface area (Å²) >= 11 is 5.92. The second-order valence-corrected chi connectivity index (χ2v) is 3.73. The van der Waals surface area contributed by atoms with E-state index in [2.05, 4.69) is 14.7 Å². The Morgan fingerprint density at radius 1 is 1.53 bits per heavy atom. The Morgan fingerprint density at radius 3 is 3.00 bits per heavy atom. The molecule has 0 radical (unpaired) electrons. The van der Waals surface area contributed by atoms with Gasteiger partial charge in [0.15, 0.2) is 5.69 Å². The summed E-state index contributed by atoms with van der Waals surface area (Å²) < 4.78 is 4.64. The number of nitrogen functional groups attached to an aromatic ring is 1. The third-order valence-corrected chi connectivity index (χ3v) is 2.67. The summed E-state index contributed by atoms with van der Waals surface area (Å²) in [7, 11) is 1.30. The second kappa shape index (κ2) is 4.47. The molecule has 1 aromatic carbocycles. The van der Waals surface area contributed by atoms with E-state index >= 15 is 0 Å². The van der Waals surface area contributed by atoms with E-state index in [-0.39, 0.29) is 5.69 Å². The number of esters is 1. The molecular formula is C11H10ClN3O2. The van der Waals surface area contributed by atoms with Crippen LogP contribution in [0.3, 0.4) is 0 Å². The zero-order valence-electron chi connectivity index (χ0n) is 9.03. The average Bonchev–Trinajstić information content (AvgIpc) is 2.80. The van der Waals surface area contributed by atoms with Crippen LogP contribution in [0, 0.1) is 0 Å². The Balaban J connectivity index is 2.58. The number of para-hydroxylation sites is 1. The van der Waals surface area contributed by atoms with Crippen molar-refractivity contribution in [3.63, 3.8) is 0 Å². The van der Waals surface area contributed by atoms with Crippen LogP contribution in [0.1, 0.15) is 10.5 Å². The molecule has 0 aliphatic rings. The monoisotopic (exact) mass is 251 g/mol. The van der Waals surface area contributed by atoms with Gasteiger partial charge >= 0.3 is 5.97 Å². The van der Waals surface area contributed by atoms with Crippen molar-refractivity contribution in [1.82, 2.24) is 9.97 Å². The highest BCUT2D eigenvalue weighted by Crippen LogP contribution is 2.31. The van der Waals surface area contributed by atoms with Crippen LogP contribution in [-0.4, -0.2) is 23.0 Å². The van der Waals surface area contributed by atoms with Gasteiger partial charge in [0.25, 0.3) is 0 Å². The summed E-state index contributed by atoms with van der Waals surface area (Å²) in [5.74, 6) is -0.503. The smallest absolute Gasteiger partial charge is 0.356 e. The first-order valence-corrected chi connectivity index (χ1v) is 5.19. The molecule has 0 atom stereocenters. The number of nitrogens with zero attached hydrogens (tertiary/aromatic N) is 1. The number of rotatable bonds is 2. The number of H-pyrrole nitrogens is 1. The summed E-state index contributed by atoms with van der Waals surface area (Å²) in [6.45, 7) is 0. The third-order valence-electron chi connectivity index (χ3n) is 2.34. The van der Waals surface area contributed by atoms with Crippen molar-refractivity contribution in [2.24, 2.45) is 0 Å². The van der Waals surface area contributed by atoms with Crippen LogP contribution in [0.4, 0.5) is 5.69 Å². The van der Waals surface area contributed by atoms with E-state index in [1.54, 1.807) is 18.2 Å². The molecule has 6 heteroatoms. The highest BCUT2D eigenvalue weighted by molar-refractivity contribution is 6.33. The molecule has 0 amide bonds. The number of nitrogens with two attached hydrogens (primary N) is 1. The standard InChI is InChI=1S/C11H10ClN3O2/c1-17-11(16)10-9(14-5-15-10)6-3-2-4-7(12)8(6)13/h2-5H,13H2,1H3,(H,14,15). The molecule has 0 aliphatic carbocycles. The SMILES string of the molecule is COC(=O)c1[nH]cnc1-c1cccc(Cl)c1N. The zero-order chi connectivity index (χ0) is 12.4. The second-order valence-electron chi connectivity index (χ2n) is 3.32. The number of nitrogens with one attached hydrogen (secondary N) is 1. The number of benzene rings is 1. The number of hydrogen-bond acceptors (Lipinski definition) is 4. The van der Waals surface area contributed by atoms with Gasteiger partial charge in [0.05, 0.1) is 24.1 Å². The normalized spacial score (nSPS) is 10.2. The molecule has 0 saturated heterocycles. The van der Waals surface area contributed by atoms with Crippen molar-refractivity contribution >= 4 is 23.3 Å². The lowest BCUT2D eigenvalue weighted by molar-refractivity contribution is 0.0595. The van der Waals surface area contributed by atoms with Crippen molar-refractivity contribution in [2.75, 3.05) is 12.8 Å². The first-order valence-electron chi connectivity index (χ1n) is 4.81. The molecule has 2 aromatic rings. The minimum Gasteiger partial charge on any atom is -0.464 e. The van der Waals surface area contributed by atoms with Crippen LogP contribution >= 0.6 is 11.6 Å². The Kier molecular flexibility index (Phi) is 3.01. The average molecular weight is 252 g/mol. The molecule has 5 nitrogen and oxygen atoms in total. The van der Waals surface area contributed by atoms with Gasteiger partial charge in [0.1, 0.15) is 5.69 Å². The molecule has 0 saturated carbocycles. The molecule has 17 heavy (non-hydrogen) atoms. The molecule has 2 rings (SSSR count).